The van der Waals surface area contributed by atoms with Gasteiger partial charge in [-0.1, -0.05) is 122 Å². The summed E-state index contributed by atoms with van der Waals surface area (Å²) < 4.78 is 27.2. The van der Waals surface area contributed by atoms with E-state index in [0.29, 0.717) is 11.8 Å². The van der Waals surface area contributed by atoms with Crippen LogP contribution in [0.3, 0.4) is 0 Å². The molecule has 0 bridgehead atoms. The average molecular weight is 665 g/mol. The molecule has 8 aromatic rings. The summed E-state index contributed by atoms with van der Waals surface area (Å²) in [7, 11) is -2.85. The van der Waals surface area contributed by atoms with Gasteiger partial charge < -0.3 is 16.8 Å². The lowest BCUT2D eigenvalue weighted by atomic mass is 9.72. The predicted octanol–water partition coefficient (Wildman–Crippen LogP) is 14.3. The third kappa shape index (κ3) is 5.27. The molecule has 236 valence electrons. The Morgan fingerprint density at radius 3 is 1.00 bits per heavy atom. The van der Waals surface area contributed by atoms with Crippen LogP contribution in [0.2, 0.25) is 0 Å². The summed E-state index contributed by atoms with van der Waals surface area (Å²) in [6.07, 6.45) is 4.56. The highest BCUT2D eigenvalue weighted by Crippen LogP contribution is 2.55. The molecule has 1 aliphatic rings. The number of hydrogen-bond donors (Lipinski definition) is 0. The molecule has 0 aliphatic heterocycles. The fourth-order valence-electron chi connectivity index (χ4n) is 7.48. The first-order chi connectivity index (χ1) is 23.8. The molecule has 6 aromatic carbocycles. The fraction of sp³-hybridized carbons (Fsp3) is 0.143. The smallest absolute Gasteiger partial charge is 0.253 e. The Morgan fingerprint density at radius 2 is 0.646 bits per heavy atom. The second-order valence-electron chi connectivity index (χ2n) is 12.5. The van der Waals surface area contributed by atoms with E-state index in [4.69, 9.17) is 16.8 Å². The van der Waals surface area contributed by atoms with E-state index in [-0.39, 0.29) is 0 Å². The van der Waals surface area contributed by atoms with Crippen LogP contribution < -0.4 is 0 Å². The van der Waals surface area contributed by atoms with Crippen molar-refractivity contribution in [2.75, 3.05) is 0 Å². The van der Waals surface area contributed by atoms with Gasteiger partial charge in [-0.3, -0.25) is 0 Å². The van der Waals surface area contributed by atoms with Crippen LogP contribution in [0.5, 0.6) is 0 Å². The van der Waals surface area contributed by atoms with Gasteiger partial charge in [0, 0.05) is 21.5 Å². The van der Waals surface area contributed by atoms with Gasteiger partial charge >= 0.3 is 0 Å². The standard InChI is InChI=1S/C42H34O4P2/c1-2-16-30(36-22-8-14-28-42(36)48-45-39-25-11-5-19-33(39)34-20-6-12-26-40(34)46-48)29(15-1)35-21-7-13-27-41(35)47-43-37-23-9-3-17-31(37)32-18-4-10-24-38(32)44-47/h3-14,17-30H,1-2,15-16H2/t29-,30+. The zero-order chi connectivity index (χ0) is 31.9. The number of para-hydroxylation sites is 4. The van der Waals surface area contributed by atoms with Crippen molar-refractivity contribution >= 4 is 59.9 Å². The lowest BCUT2D eigenvalue weighted by Crippen LogP contribution is -2.17. The molecule has 0 radical (unpaired) electrons. The first-order valence-electron chi connectivity index (χ1n) is 16.7. The van der Waals surface area contributed by atoms with Crippen molar-refractivity contribution in [3.63, 3.8) is 0 Å². The minimum Gasteiger partial charge on any atom is -0.416 e. The van der Waals surface area contributed by atoms with Crippen LogP contribution in [-0.4, -0.2) is 0 Å². The number of hydrogen-bond acceptors (Lipinski definition) is 4. The molecule has 2 atom stereocenters. The van der Waals surface area contributed by atoms with Gasteiger partial charge in [0.25, 0.3) is 16.0 Å². The molecule has 6 heteroatoms. The molecule has 0 saturated heterocycles. The van der Waals surface area contributed by atoms with Gasteiger partial charge in [0.1, 0.15) is 22.3 Å². The van der Waals surface area contributed by atoms with Crippen LogP contribution in [0.1, 0.15) is 48.6 Å². The Morgan fingerprint density at radius 1 is 0.354 bits per heavy atom. The summed E-state index contributed by atoms with van der Waals surface area (Å²) in [5.74, 6) is 0.585. The molecule has 2 heterocycles. The average Bonchev–Trinajstić information content (AvgIpc) is 3.43. The molecule has 9 rings (SSSR count). The zero-order valence-corrected chi connectivity index (χ0v) is 28.2. The van der Waals surface area contributed by atoms with Crippen LogP contribution in [0.25, 0.3) is 54.5 Å². The van der Waals surface area contributed by atoms with Gasteiger partial charge in [0.15, 0.2) is 0 Å². The lowest BCUT2D eigenvalue weighted by Gasteiger charge is -2.34. The van der Waals surface area contributed by atoms with Crippen molar-refractivity contribution in [1.82, 2.24) is 0 Å². The molecule has 48 heavy (non-hydrogen) atoms. The topological polar surface area (TPSA) is 52.6 Å². The molecule has 0 N–H and O–H groups in total. The Kier molecular flexibility index (Phi) is 7.70. The Hall–Kier alpha value is -4.88. The largest absolute Gasteiger partial charge is 0.416 e. The highest BCUT2D eigenvalue weighted by molar-refractivity contribution is 7.46. The van der Waals surface area contributed by atoms with Crippen LogP contribution in [0.4, 0.5) is 0 Å². The lowest BCUT2D eigenvalue weighted by molar-refractivity contribution is 0.388. The van der Waals surface area contributed by atoms with Gasteiger partial charge in [-0.15, -0.1) is 0 Å². The van der Waals surface area contributed by atoms with E-state index < -0.39 is 16.0 Å². The van der Waals surface area contributed by atoms with E-state index in [1.165, 1.54) is 24.0 Å². The third-order valence-corrected chi connectivity index (χ3v) is 12.7. The molecule has 0 unspecified atom stereocenters. The van der Waals surface area contributed by atoms with Gasteiger partial charge in [0.2, 0.25) is 0 Å². The van der Waals surface area contributed by atoms with Crippen LogP contribution in [-0.2, 0) is 0 Å². The quantitative estimate of drug-likeness (QED) is 0.188. The number of fused-ring (bicyclic) bond motifs is 6. The van der Waals surface area contributed by atoms with E-state index >= 15 is 0 Å². The monoisotopic (exact) mass is 664 g/mol. The molecular weight excluding hydrogens is 630 g/mol. The van der Waals surface area contributed by atoms with Crippen molar-refractivity contribution in [1.29, 1.82) is 0 Å². The minimum absolute atomic E-state index is 0.293. The Labute approximate surface area is 280 Å². The van der Waals surface area contributed by atoms with E-state index in [0.717, 1.165) is 67.3 Å². The molecular formula is C42H34O4P2. The molecule has 4 nitrogen and oxygen atoms in total. The van der Waals surface area contributed by atoms with E-state index in [2.05, 4.69) is 121 Å². The summed E-state index contributed by atoms with van der Waals surface area (Å²) in [4.78, 5) is 0. The molecule has 1 aliphatic carbocycles. The zero-order valence-electron chi connectivity index (χ0n) is 26.4. The summed E-state index contributed by atoms with van der Waals surface area (Å²) in [5.41, 5.74) is 6.07. The maximum absolute atomic E-state index is 6.80. The predicted molar refractivity (Wildman–Crippen MR) is 199 cm³/mol. The molecule has 1 fully saturated rings. The minimum atomic E-state index is -1.43. The summed E-state index contributed by atoms with van der Waals surface area (Å²) in [6.45, 7) is 0. The maximum Gasteiger partial charge on any atom is 0.253 e. The maximum atomic E-state index is 6.80. The molecule has 2 aromatic heterocycles. The van der Waals surface area contributed by atoms with E-state index in [1.54, 1.807) is 0 Å². The second-order valence-corrected chi connectivity index (χ2v) is 15.2. The van der Waals surface area contributed by atoms with E-state index in [9.17, 15) is 0 Å². The summed E-state index contributed by atoms with van der Waals surface area (Å²) in [5, 5.41) is 6.54. The second kappa shape index (κ2) is 12.6. The third-order valence-electron chi connectivity index (χ3n) is 9.69. The highest BCUT2D eigenvalue weighted by Gasteiger charge is 2.32. The van der Waals surface area contributed by atoms with Crippen LogP contribution in [0, 0.1) is 0 Å². The Bertz CT molecular complexity index is 2220. The molecule has 1 saturated carbocycles. The summed E-state index contributed by atoms with van der Waals surface area (Å²) >= 11 is 0. The van der Waals surface area contributed by atoms with Gasteiger partial charge in [-0.05, 0) is 72.2 Å². The van der Waals surface area contributed by atoms with Crippen molar-refractivity contribution in [2.24, 2.45) is 0 Å². The highest BCUT2D eigenvalue weighted by atomic mass is 31.1. The van der Waals surface area contributed by atoms with E-state index in [1.807, 2.05) is 24.3 Å². The SMILES string of the molecule is c1ccc(-p2oc3ccccc3c3ccccc3o2)c([C@H]2CCCC[C@H]2c2ccccc2-p2oc3ccccc3c3ccccc3o2)c1. The van der Waals surface area contributed by atoms with Crippen LogP contribution >= 0.6 is 16.0 Å². The van der Waals surface area contributed by atoms with Crippen LogP contribution in [0.15, 0.2) is 162 Å². The first-order valence-corrected chi connectivity index (χ1v) is 19.0. The normalized spacial score (nSPS) is 16.4. The van der Waals surface area contributed by atoms with Gasteiger partial charge in [-0.25, -0.2) is 0 Å². The van der Waals surface area contributed by atoms with Gasteiger partial charge in [-0.2, -0.15) is 0 Å². The first kappa shape index (κ1) is 29.3. The molecule has 0 amide bonds. The van der Waals surface area contributed by atoms with Crippen molar-refractivity contribution < 1.29 is 16.8 Å². The van der Waals surface area contributed by atoms with Crippen molar-refractivity contribution in [3.05, 3.63) is 157 Å². The Balaban J connectivity index is 1.22. The van der Waals surface area contributed by atoms with Crippen molar-refractivity contribution in [2.45, 2.75) is 37.5 Å². The van der Waals surface area contributed by atoms with Crippen molar-refractivity contribution in [3.8, 4) is 10.6 Å². The number of rotatable bonds is 4. The van der Waals surface area contributed by atoms with Gasteiger partial charge in [0.05, 0.1) is 10.6 Å². The fourth-order valence-corrected chi connectivity index (χ4v) is 10.6. The number of benzene rings is 6. The molecule has 0 spiro atoms. The summed E-state index contributed by atoms with van der Waals surface area (Å²) in [6, 6.07) is 50.7.